The number of carbonyl (C=O) groups excluding carboxylic acids is 1. The van der Waals surface area contributed by atoms with Gasteiger partial charge in [0, 0.05) is 19.2 Å². The van der Waals surface area contributed by atoms with E-state index in [1.807, 2.05) is 27.7 Å². The number of carbonyl (C=O) groups is 1. The molecule has 0 aliphatic carbocycles. The zero-order valence-electron chi connectivity index (χ0n) is 12.1. The van der Waals surface area contributed by atoms with E-state index in [0.717, 1.165) is 11.3 Å². The van der Waals surface area contributed by atoms with Gasteiger partial charge in [0.2, 0.25) is 0 Å². The minimum atomic E-state index is -0.565. The summed E-state index contributed by atoms with van der Waals surface area (Å²) in [6.07, 6.45) is 0. The second-order valence-electron chi connectivity index (χ2n) is 5.52. The molecule has 0 saturated carbocycles. The van der Waals surface area contributed by atoms with E-state index in [-0.39, 0.29) is 15.9 Å². The largest absolute Gasteiger partial charge is 0.337 e. The highest BCUT2D eigenvalue weighted by molar-refractivity contribution is 7.18. The lowest BCUT2D eigenvalue weighted by Gasteiger charge is -2.25. The van der Waals surface area contributed by atoms with Gasteiger partial charge in [0.1, 0.15) is 4.88 Å². The minimum Gasteiger partial charge on any atom is -0.337 e. The highest BCUT2D eigenvalue weighted by atomic mass is 35.5. The summed E-state index contributed by atoms with van der Waals surface area (Å²) in [4.78, 5) is 24.7. The van der Waals surface area contributed by atoms with Crippen molar-refractivity contribution in [1.82, 2.24) is 4.90 Å². The molecule has 1 amide bonds. The summed E-state index contributed by atoms with van der Waals surface area (Å²) in [5.41, 5.74) is -0.200. The van der Waals surface area contributed by atoms with Gasteiger partial charge in [-0.05, 0) is 11.8 Å². The highest BCUT2D eigenvalue weighted by Gasteiger charge is 2.25. The highest BCUT2D eigenvalue weighted by Crippen LogP contribution is 2.34. The molecule has 0 fully saturated rings. The summed E-state index contributed by atoms with van der Waals surface area (Å²) in [6.45, 7) is 9.38. The first kappa shape index (κ1) is 16.9. The molecular formula is C13H19ClN2O3S. The van der Waals surface area contributed by atoms with Crippen LogP contribution in [0.1, 0.15) is 37.4 Å². The Morgan fingerprint density at radius 1 is 1.35 bits per heavy atom. The van der Waals surface area contributed by atoms with E-state index in [2.05, 4.69) is 0 Å². The third kappa shape index (κ3) is 4.45. The van der Waals surface area contributed by atoms with Crippen LogP contribution < -0.4 is 0 Å². The van der Waals surface area contributed by atoms with Crippen molar-refractivity contribution in [3.05, 3.63) is 25.4 Å². The van der Waals surface area contributed by atoms with Crippen molar-refractivity contribution in [3.8, 4) is 0 Å². The maximum Gasteiger partial charge on any atom is 0.299 e. The molecule has 20 heavy (non-hydrogen) atoms. The third-order valence-electron chi connectivity index (χ3n) is 2.53. The summed E-state index contributed by atoms with van der Waals surface area (Å²) < 4.78 is 0.0485. The quantitative estimate of drug-likeness (QED) is 0.587. The van der Waals surface area contributed by atoms with E-state index >= 15 is 0 Å². The maximum absolute atomic E-state index is 12.5. The van der Waals surface area contributed by atoms with E-state index in [1.54, 1.807) is 4.90 Å². The molecule has 0 atom stereocenters. The van der Waals surface area contributed by atoms with Crippen molar-refractivity contribution in [1.29, 1.82) is 0 Å². The zero-order chi connectivity index (χ0) is 15.4. The van der Waals surface area contributed by atoms with Crippen LogP contribution >= 0.6 is 22.9 Å². The third-order valence-corrected chi connectivity index (χ3v) is 3.86. The molecule has 0 bridgehead atoms. The molecule has 0 aromatic carbocycles. The van der Waals surface area contributed by atoms with E-state index in [0.29, 0.717) is 29.8 Å². The summed E-state index contributed by atoms with van der Waals surface area (Å²) in [6, 6.07) is 1.27. The SMILES string of the molecule is CC(C)CN(CC(C)C)C(=O)c1cc([N+](=O)[O-])c(Cl)s1. The fraction of sp³-hybridized carbons (Fsp3) is 0.615. The normalized spacial score (nSPS) is 11.2. The molecule has 0 unspecified atom stereocenters. The molecule has 7 heteroatoms. The molecule has 1 rings (SSSR count). The first-order chi connectivity index (χ1) is 9.22. The van der Waals surface area contributed by atoms with Crippen LogP contribution in [-0.2, 0) is 0 Å². The Morgan fingerprint density at radius 2 is 1.85 bits per heavy atom. The molecule has 0 aliphatic heterocycles. The molecule has 0 spiro atoms. The Labute approximate surface area is 127 Å². The number of nitrogens with zero attached hydrogens (tertiary/aromatic N) is 2. The fourth-order valence-electron chi connectivity index (χ4n) is 1.87. The molecule has 1 aromatic heterocycles. The number of nitro groups is 1. The summed E-state index contributed by atoms with van der Waals surface area (Å²) in [7, 11) is 0. The first-order valence-corrected chi connectivity index (χ1v) is 7.64. The van der Waals surface area contributed by atoms with Crippen LogP contribution in [0.4, 0.5) is 5.69 Å². The molecular weight excluding hydrogens is 300 g/mol. The molecule has 0 saturated heterocycles. The van der Waals surface area contributed by atoms with Crippen molar-refractivity contribution in [2.45, 2.75) is 27.7 Å². The predicted molar refractivity (Wildman–Crippen MR) is 81.6 cm³/mol. The topological polar surface area (TPSA) is 63.5 Å². The molecule has 0 aliphatic rings. The molecule has 5 nitrogen and oxygen atoms in total. The average molecular weight is 319 g/mol. The molecule has 0 radical (unpaired) electrons. The van der Waals surface area contributed by atoms with Crippen molar-refractivity contribution in [2.24, 2.45) is 11.8 Å². The van der Waals surface area contributed by atoms with Gasteiger partial charge in [0.05, 0.1) is 4.92 Å². The lowest BCUT2D eigenvalue weighted by molar-refractivity contribution is -0.384. The number of hydrogen-bond acceptors (Lipinski definition) is 4. The van der Waals surface area contributed by atoms with Gasteiger partial charge in [0.15, 0.2) is 4.34 Å². The van der Waals surface area contributed by atoms with Gasteiger partial charge in [-0.3, -0.25) is 14.9 Å². The molecule has 112 valence electrons. The summed E-state index contributed by atoms with van der Waals surface area (Å²) >= 11 is 6.77. The maximum atomic E-state index is 12.5. The Hall–Kier alpha value is -1.14. The number of rotatable bonds is 6. The lowest BCUT2D eigenvalue weighted by Crippen LogP contribution is -2.36. The van der Waals surface area contributed by atoms with Crippen molar-refractivity contribution >= 4 is 34.5 Å². The fourth-order valence-corrected chi connectivity index (χ4v) is 3.06. The van der Waals surface area contributed by atoms with Gasteiger partial charge in [-0.25, -0.2) is 0 Å². The van der Waals surface area contributed by atoms with Crippen LogP contribution in [0.25, 0.3) is 0 Å². The van der Waals surface area contributed by atoms with E-state index in [4.69, 9.17) is 11.6 Å². The first-order valence-electron chi connectivity index (χ1n) is 6.45. The van der Waals surface area contributed by atoms with Gasteiger partial charge in [-0.2, -0.15) is 0 Å². The summed E-state index contributed by atoms with van der Waals surface area (Å²) in [5, 5.41) is 10.8. The zero-order valence-corrected chi connectivity index (χ0v) is 13.6. The second-order valence-corrected chi connectivity index (χ2v) is 7.18. The van der Waals surface area contributed by atoms with E-state index in [1.165, 1.54) is 6.07 Å². The van der Waals surface area contributed by atoms with Crippen LogP contribution in [0.3, 0.4) is 0 Å². The van der Waals surface area contributed by atoms with Crippen LogP contribution in [0, 0.1) is 22.0 Å². The number of amides is 1. The Bertz CT molecular complexity index is 490. The van der Waals surface area contributed by atoms with E-state index in [9.17, 15) is 14.9 Å². The van der Waals surface area contributed by atoms with E-state index < -0.39 is 4.92 Å². The second kappa shape index (κ2) is 7.04. The van der Waals surface area contributed by atoms with Crippen LogP contribution in [0.5, 0.6) is 0 Å². The van der Waals surface area contributed by atoms with Crippen LogP contribution in [0.15, 0.2) is 6.07 Å². The van der Waals surface area contributed by atoms with Gasteiger partial charge >= 0.3 is 0 Å². The van der Waals surface area contributed by atoms with Crippen LogP contribution in [0.2, 0.25) is 4.34 Å². The monoisotopic (exact) mass is 318 g/mol. The standard InChI is InChI=1S/C13H19ClN2O3S/c1-8(2)6-15(7-9(3)4)13(17)11-5-10(16(18)19)12(14)20-11/h5,8-9H,6-7H2,1-4H3. The molecule has 0 N–H and O–H groups in total. The summed E-state index contributed by atoms with van der Waals surface area (Å²) in [5.74, 6) is 0.485. The number of thiophene rings is 1. The Kier molecular flexibility index (Phi) is 5.95. The predicted octanol–water partition coefficient (Wildman–Crippen LogP) is 4.06. The van der Waals surface area contributed by atoms with Crippen molar-refractivity contribution < 1.29 is 9.72 Å². The molecule has 1 aromatic rings. The average Bonchev–Trinajstić information content (AvgIpc) is 2.68. The van der Waals surface area contributed by atoms with Gasteiger partial charge in [0.25, 0.3) is 11.6 Å². The van der Waals surface area contributed by atoms with Gasteiger partial charge in [-0.15, -0.1) is 11.3 Å². The minimum absolute atomic E-state index is 0.0485. The number of hydrogen-bond donors (Lipinski definition) is 0. The lowest BCUT2D eigenvalue weighted by atomic mass is 10.1. The Balaban J connectivity index is 2.99. The van der Waals surface area contributed by atoms with Crippen LogP contribution in [-0.4, -0.2) is 28.8 Å². The van der Waals surface area contributed by atoms with Gasteiger partial charge < -0.3 is 4.90 Å². The molecule has 1 heterocycles. The van der Waals surface area contributed by atoms with Crippen molar-refractivity contribution in [2.75, 3.05) is 13.1 Å². The van der Waals surface area contributed by atoms with Crippen molar-refractivity contribution in [3.63, 3.8) is 0 Å². The number of halogens is 1. The Morgan fingerprint density at radius 3 is 2.20 bits per heavy atom. The smallest absolute Gasteiger partial charge is 0.299 e. The van der Waals surface area contributed by atoms with Gasteiger partial charge in [-0.1, -0.05) is 39.3 Å².